The van der Waals surface area contributed by atoms with Crippen molar-refractivity contribution in [2.24, 2.45) is 0 Å². The maximum atomic E-state index is 10.6. The first kappa shape index (κ1) is 11.5. The van der Waals surface area contributed by atoms with Crippen LogP contribution in [0, 0.1) is 0 Å². The normalized spacial score (nSPS) is 13.9. The van der Waals surface area contributed by atoms with Crippen LogP contribution in [0.3, 0.4) is 0 Å². The summed E-state index contributed by atoms with van der Waals surface area (Å²) in [5.41, 5.74) is 0. The fourth-order valence-corrected chi connectivity index (χ4v) is 29.0. The second kappa shape index (κ2) is 3.93. The fraction of sp³-hybridized carbons (Fsp3) is 1.00. The molecule has 0 spiro atoms. The van der Waals surface area contributed by atoms with E-state index in [0.717, 1.165) is 0 Å². The number of rotatable bonds is 2. The van der Waals surface area contributed by atoms with Crippen molar-refractivity contribution >= 4 is 70.1 Å². The van der Waals surface area contributed by atoms with Gasteiger partial charge in [-0.1, -0.05) is 0 Å². The summed E-state index contributed by atoms with van der Waals surface area (Å²) in [4.78, 5) is 0. The molecule has 0 atom stereocenters. The van der Waals surface area contributed by atoms with E-state index >= 15 is 0 Å². The molecule has 0 radical (unpaired) electrons. The van der Waals surface area contributed by atoms with Crippen molar-refractivity contribution in [2.45, 2.75) is 0 Å². The van der Waals surface area contributed by atoms with Gasteiger partial charge in [0.25, 0.3) is 0 Å². The zero-order valence-electron chi connectivity index (χ0n) is 3.95. The average molecular weight is 357 g/mol. The Labute approximate surface area is 77.9 Å². The Hall–Kier alpha value is 2.48. The molecule has 0 aromatic carbocycles. The van der Waals surface area contributed by atoms with Gasteiger partial charge in [0, 0.05) is 0 Å². The van der Waals surface area contributed by atoms with Crippen LogP contribution < -0.4 is 0 Å². The van der Waals surface area contributed by atoms with Crippen molar-refractivity contribution in [1.29, 1.82) is 0 Å². The van der Waals surface area contributed by atoms with Crippen LogP contribution in [-0.2, 0) is 4.57 Å². The zero-order valence-corrected chi connectivity index (χ0v) is 11.5. The minimum absolute atomic E-state index is 0.116. The van der Waals surface area contributed by atoms with Gasteiger partial charge in [-0.3, -0.25) is 0 Å². The van der Waals surface area contributed by atoms with Crippen LogP contribution in [0.15, 0.2) is 0 Å². The third-order valence-corrected chi connectivity index (χ3v) is 19.3. The van der Waals surface area contributed by atoms with E-state index in [0.29, 0.717) is 0 Å². The van der Waals surface area contributed by atoms with Gasteiger partial charge in [-0.25, -0.2) is 0 Å². The third kappa shape index (κ3) is 10.5. The average Bonchev–Trinajstić information content (AvgIpc) is 1.14. The molecule has 0 aromatic heterocycles. The van der Waals surface area contributed by atoms with Crippen molar-refractivity contribution < 1.29 is 4.57 Å². The zero-order chi connectivity index (χ0) is 7.71. The van der Waals surface area contributed by atoms with E-state index in [1.807, 2.05) is 0 Å². The molecule has 0 saturated carbocycles. The van der Waals surface area contributed by atoms with E-state index in [4.69, 9.17) is 49.2 Å². The van der Waals surface area contributed by atoms with Gasteiger partial charge in [0.1, 0.15) is 0 Å². The predicted octanol–water partition coefficient (Wildman–Crippen LogP) is 3.85. The van der Waals surface area contributed by atoms with Crippen molar-refractivity contribution in [3.8, 4) is 0 Å². The first-order valence-corrected chi connectivity index (χ1v) is 18.3. The molecule has 1 nitrogen and oxygen atoms in total. The Morgan fingerprint density at radius 3 is 1.56 bits per heavy atom. The molecule has 0 aromatic rings. The Balaban J connectivity index is 3.90. The van der Waals surface area contributed by atoms with Crippen molar-refractivity contribution in [3.05, 3.63) is 0 Å². The molecule has 0 bridgehead atoms. The molecule has 0 amide bonds. The van der Waals surface area contributed by atoms with Gasteiger partial charge in [-0.05, 0) is 0 Å². The number of halogens is 5. The molecule has 0 rings (SSSR count). The first-order valence-electron chi connectivity index (χ1n) is 1.76. The van der Waals surface area contributed by atoms with Crippen LogP contribution in [0.5, 0.6) is 0 Å². The summed E-state index contributed by atoms with van der Waals surface area (Å²) in [5.74, 6) is -3.15. The van der Waals surface area contributed by atoms with Crippen LogP contribution in [0.2, 0.25) is 0 Å². The third-order valence-electron chi connectivity index (χ3n) is 0.363. The van der Waals surface area contributed by atoms with Gasteiger partial charge < -0.3 is 0 Å². The molecular weight excluding hydrogens is 355 g/mol. The standard InChI is InChI=1S/CH2Cl2OP.3ClH.Sn/c1-5(2,3)4;;;;/h1H2;3*1H;/q;;;;+3/p-3. The molecule has 0 fully saturated rings. The molecule has 9 heavy (non-hydrogen) atoms. The summed E-state index contributed by atoms with van der Waals surface area (Å²) in [6.07, 6.45) is 0. The van der Waals surface area contributed by atoms with Gasteiger partial charge in [0.05, 0.1) is 0 Å². The van der Waals surface area contributed by atoms with E-state index in [1.165, 1.54) is 0 Å². The topological polar surface area (TPSA) is 17.1 Å². The molecule has 0 heterocycles. The molecule has 8 heteroatoms. The van der Waals surface area contributed by atoms with Gasteiger partial charge >= 0.3 is 78.8 Å². The van der Waals surface area contributed by atoms with Gasteiger partial charge in [0.2, 0.25) is 0 Å². The predicted molar refractivity (Wildman–Crippen MR) is 47.5 cm³/mol. The van der Waals surface area contributed by atoms with E-state index in [2.05, 4.69) is 0 Å². The van der Waals surface area contributed by atoms with Crippen molar-refractivity contribution in [3.63, 3.8) is 0 Å². The fourth-order valence-electron chi connectivity index (χ4n) is 0.209. The van der Waals surface area contributed by atoms with Crippen LogP contribution in [0.4, 0.5) is 0 Å². The van der Waals surface area contributed by atoms with E-state index in [9.17, 15) is 4.57 Å². The Kier molecular flexibility index (Phi) is 5.01. The Morgan fingerprint density at radius 2 is 1.56 bits per heavy atom. The van der Waals surface area contributed by atoms with E-state index in [1.54, 1.807) is 0 Å². The molecule has 0 aliphatic rings. The summed E-state index contributed by atoms with van der Waals surface area (Å²) in [5, 5.41) is 0. The summed E-state index contributed by atoms with van der Waals surface area (Å²) in [7, 11) is 16.3. The molecule has 0 saturated heterocycles. The minimum atomic E-state index is -3.56. The molecule has 0 unspecified atom stereocenters. The Morgan fingerprint density at radius 1 is 1.22 bits per heavy atom. The molecule has 0 aliphatic carbocycles. The quantitative estimate of drug-likeness (QED) is 0.542. The molecule has 0 N–H and O–H groups in total. The SMILES string of the molecule is O=P(Cl)(Cl)[CH2][Sn]([Cl])([Cl])[Cl]. The van der Waals surface area contributed by atoms with Crippen LogP contribution >= 0.6 is 55.1 Å². The van der Waals surface area contributed by atoms with E-state index in [-0.39, 0.29) is 4.18 Å². The second-order valence-electron chi connectivity index (χ2n) is 1.34. The summed E-state index contributed by atoms with van der Waals surface area (Å²) < 4.78 is 10.4. The maximum absolute atomic E-state index is 10.6. The summed E-state index contributed by atoms with van der Waals surface area (Å²) in [6.45, 7) is 0. The van der Waals surface area contributed by atoms with Crippen LogP contribution in [0.1, 0.15) is 0 Å². The van der Waals surface area contributed by atoms with Gasteiger partial charge in [0.15, 0.2) is 0 Å². The van der Waals surface area contributed by atoms with Crippen LogP contribution in [-0.4, -0.2) is 19.2 Å². The molecule has 0 aliphatic heterocycles. The van der Waals surface area contributed by atoms with Crippen molar-refractivity contribution in [2.75, 3.05) is 4.18 Å². The molecular formula is CH2Cl5OPSn. The van der Waals surface area contributed by atoms with E-state index < -0.39 is 20.8 Å². The number of hydrogen-bond acceptors (Lipinski definition) is 1. The first-order chi connectivity index (χ1) is 3.71. The van der Waals surface area contributed by atoms with Crippen LogP contribution in [0.25, 0.3) is 0 Å². The monoisotopic (exact) mass is 356 g/mol. The van der Waals surface area contributed by atoms with Crippen molar-refractivity contribution in [1.82, 2.24) is 0 Å². The van der Waals surface area contributed by atoms with Gasteiger partial charge in [-0.2, -0.15) is 0 Å². The van der Waals surface area contributed by atoms with Gasteiger partial charge in [-0.15, -0.1) is 0 Å². The Bertz CT molecular complexity index is 134. The number of hydrogen-bond donors (Lipinski definition) is 0. The summed E-state index contributed by atoms with van der Waals surface area (Å²) >= 11 is 6.72. The second-order valence-corrected chi connectivity index (χ2v) is 29.7. The molecule has 56 valence electrons. The summed E-state index contributed by atoms with van der Waals surface area (Å²) in [6, 6.07) is 0.